The number of halogens is 1. The summed E-state index contributed by atoms with van der Waals surface area (Å²) in [4.78, 5) is 47.0. The van der Waals surface area contributed by atoms with Gasteiger partial charge in [-0.1, -0.05) is 30.3 Å². The lowest BCUT2D eigenvalue weighted by molar-refractivity contribution is -0.138. The number of carboxylic acids is 1. The summed E-state index contributed by atoms with van der Waals surface area (Å²) in [6.45, 7) is 1.25. The van der Waals surface area contributed by atoms with Crippen LogP contribution >= 0.6 is 7.75 Å². The van der Waals surface area contributed by atoms with E-state index in [2.05, 4.69) is 0 Å². The van der Waals surface area contributed by atoms with Gasteiger partial charge in [-0.25, -0.2) is 18.8 Å². The molecule has 1 unspecified atom stereocenters. The summed E-state index contributed by atoms with van der Waals surface area (Å²) >= 11 is 0. The van der Waals surface area contributed by atoms with Gasteiger partial charge in [-0.15, -0.1) is 0 Å². The molecule has 1 saturated heterocycles. The van der Waals surface area contributed by atoms with E-state index in [1.54, 1.807) is 18.2 Å². The molecule has 0 aliphatic carbocycles. The van der Waals surface area contributed by atoms with Crippen LogP contribution in [0.3, 0.4) is 0 Å². The first-order valence-electron chi connectivity index (χ1n) is 9.72. The van der Waals surface area contributed by atoms with Crippen LogP contribution in [0.15, 0.2) is 52.2 Å². The number of aliphatic hydroxyl groups is 1. The molecule has 180 valence electrons. The van der Waals surface area contributed by atoms with Crippen molar-refractivity contribution in [3.63, 3.8) is 0 Å². The van der Waals surface area contributed by atoms with Gasteiger partial charge in [0.2, 0.25) is 5.72 Å². The van der Waals surface area contributed by atoms with Crippen LogP contribution in [0.5, 0.6) is 0 Å². The Kier molecular flexibility index (Phi) is 6.76. The molecule has 12 nitrogen and oxygen atoms in total. The van der Waals surface area contributed by atoms with Gasteiger partial charge in [0.15, 0.2) is 5.67 Å². The number of hydrogen-bond acceptors (Lipinski definition) is 7. The second-order valence-electron chi connectivity index (χ2n) is 7.67. The number of hydrogen-bond donors (Lipinski definition) is 5. The van der Waals surface area contributed by atoms with E-state index in [4.69, 9.17) is 14.4 Å². The van der Waals surface area contributed by atoms with E-state index in [0.29, 0.717) is 0 Å². The number of nitrogens with zero attached hydrogens (tertiary/aromatic N) is 1. The SMILES string of the molecule is C[C@H](NP(=O)(O)OC[C@H]1O[C@@](c2ccccc2)(n2ccc(=O)[nH]c2=O)[C@](C)(F)[C@@H]1O)C(=O)O. The molecule has 1 aliphatic rings. The number of benzene rings is 1. The molecule has 5 N–H and O–H groups in total. The Morgan fingerprint density at radius 2 is 2.00 bits per heavy atom. The van der Waals surface area contributed by atoms with Crippen molar-refractivity contribution in [2.75, 3.05) is 6.61 Å². The van der Waals surface area contributed by atoms with Crippen molar-refractivity contribution in [3.05, 3.63) is 69.0 Å². The predicted molar refractivity (Wildman–Crippen MR) is 111 cm³/mol. The lowest BCUT2D eigenvalue weighted by atomic mass is 9.84. The Labute approximate surface area is 186 Å². The number of carboxylic acid groups (broad SMARTS) is 1. The van der Waals surface area contributed by atoms with Crippen molar-refractivity contribution in [3.8, 4) is 0 Å². The maximum atomic E-state index is 16.3. The van der Waals surface area contributed by atoms with Crippen LogP contribution in [0.2, 0.25) is 0 Å². The molecule has 3 rings (SSSR count). The third-order valence-corrected chi connectivity index (χ3v) is 6.57. The number of aromatic amines is 1. The van der Waals surface area contributed by atoms with Gasteiger partial charge in [-0.2, -0.15) is 0 Å². The van der Waals surface area contributed by atoms with Gasteiger partial charge in [-0.3, -0.25) is 23.7 Å². The molecule has 6 atom stereocenters. The molecule has 33 heavy (non-hydrogen) atoms. The number of ether oxygens (including phenoxy) is 1. The molecule has 0 spiro atoms. The maximum Gasteiger partial charge on any atom is 0.403 e. The molecule has 2 heterocycles. The largest absolute Gasteiger partial charge is 0.480 e. The average Bonchev–Trinajstić information content (AvgIpc) is 2.94. The molecule has 0 amide bonds. The monoisotopic (exact) mass is 487 g/mol. The number of rotatable bonds is 8. The van der Waals surface area contributed by atoms with E-state index < -0.39 is 61.2 Å². The van der Waals surface area contributed by atoms with Crippen LogP contribution in [0.4, 0.5) is 4.39 Å². The molecule has 0 saturated carbocycles. The fourth-order valence-corrected chi connectivity index (χ4v) is 4.72. The number of nitrogens with one attached hydrogen (secondary N) is 2. The summed E-state index contributed by atoms with van der Waals surface area (Å²) in [5.74, 6) is -1.41. The first-order valence-corrected chi connectivity index (χ1v) is 11.3. The number of aliphatic carboxylic acids is 1. The van der Waals surface area contributed by atoms with Gasteiger partial charge in [0.25, 0.3) is 5.56 Å². The quantitative estimate of drug-likeness (QED) is 0.316. The number of H-pyrrole nitrogens is 1. The summed E-state index contributed by atoms with van der Waals surface area (Å²) in [6.07, 6.45) is -2.52. The van der Waals surface area contributed by atoms with Crippen LogP contribution in [0, 0.1) is 0 Å². The Hall–Kier alpha value is -2.67. The van der Waals surface area contributed by atoms with Crippen LogP contribution in [0.25, 0.3) is 0 Å². The number of carbonyl (C=O) groups is 1. The Morgan fingerprint density at radius 3 is 2.58 bits per heavy atom. The predicted octanol–water partition coefficient (Wildman–Crippen LogP) is -0.0947. The summed E-state index contributed by atoms with van der Waals surface area (Å²) in [6, 6.07) is 7.14. The minimum Gasteiger partial charge on any atom is -0.480 e. The Bertz CT molecular complexity index is 1180. The number of aliphatic hydroxyl groups excluding tert-OH is 1. The van der Waals surface area contributed by atoms with Gasteiger partial charge in [-0.05, 0) is 13.8 Å². The number of alkyl halides is 1. The third-order valence-electron chi connectivity index (χ3n) is 5.36. The smallest absolute Gasteiger partial charge is 0.403 e. The van der Waals surface area contributed by atoms with Crippen molar-refractivity contribution in [1.29, 1.82) is 0 Å². The summed E-state index contributed by atoms with van der Waals surface area (Å²) < 4.78 is 39.9. The standard InChI is InChI=1S/C19H23FN3O9P/c1-11(16(26)27)22-33(29,30)31-10-13-15(25)18(2,20)19(32-13,12-6-4-3-5-7-12)23-9-8-14(24)21-17(23)28/h3-9,11,13,15,25H,10H2,1-2H3,(H,26,27)(H,21,24,28)(H2,22,29,30)/t11-,13+,15+,18+,19+/m0/s1. The molecule has 14 heteroatoms. The van der Waals surface area contributed by atoms with E-state index in [0.717, 1.165) is 30.7 Å². The second-order valence-corrected chi connectivity index (χ2v) is 9.23. The maximum absolute atomic E-state index is 16.3. The molecular weight excluding hydrogens is 464 g/mol. The molecule has 2 aromatic rings. The lowest BCUT2D eigenvalue weighted by Crippen LogP contribution is -2.57. The minimum atomic E-state index is -4.69. The van der Waals surface area contributed by atoms with Gasteiger partial charge >= 0.3 is 19.4 Å². The molecule has 1 aromatic carbocycles. The average molecular weight is 487 g/mol. The van der Waals surface area contributed by atoms with E-state index in [9.17, 15) is 28.9 Å². The van der Waals surface area contributed by atoms with Crippen molar-refractivity contribution < 1.29 is 38.1 Å². The highest BCUT2D eigenvalue weighted by atomic mass is 31.2. The van der Waals surface area contributed by atoms with Crippen LogP contribution in [-0.2, 0) is 24.3 Å². The van der Waals surface area contributed by atoms with E-state index in [-0.39, 0.29) is 5.56 Å². The highest BCUT2D eigenvalue weighted by Crippen LogP contribution is 2.50. The molecule has 1 aliphatic heterocycles. The summed E-state index contributed by atoms with van der Waals surface area (Å²) in [5, 5.41) is 21.5. The summed E-state index contributed by atoms with van der Waals surface area (Å²) in [5.41, 5.74) is -6.64. The highest BCUT2D eigenvalue weighted by molar-refractivity contribution is 7.50. The fraction of sp³-hybridized carbons (Fsp3) is 0.421. The molecule has 0 bridgehead atoms. The van der Waals surface area contributed by atoms with Gasteiger partial charge in [0, 0.05) is 17.8 Å². The molecule has 1 fully saturated rings. The topological polar surface area (TPSA) is 180 Å². The lowest BCUT2D eigenvalue weighted by Gasteiger charge is -2.39. The van der Waals surface area contributed by atoms with E-state index in [1.165, 1.54) is 12.1 Å². The van der Waals surface area contributed by atoms with Crippen molar-refractivity contribution in [1.82, 2.24) is 14.6 Å². The normalized spacial score (nSPS) is 30.0. The third kappa shape index (κ3) is 4.56. The second kappa shape index (κ2) is 8.93. The van der Waals surface area contributed by atoms with Crippen molar-refractivity contribution in [2.45, 2.75) is 43.5 Å². The highest BCUT2D eigenvalue weighted by Gasteiger charge is 2.67. The van der Waals surface area contributed by atoms with Crippen LogP contribution < -0.4 is 16.3 Å². The van der Waals surface area contributed by atoms with Gasteiger partial charge in [0.05, 0.1) is 6.61 Å². The Balaban J connectivity index is 2.02. The van der Waals surface area contributed by atoms with Crippen LogP contribution in [0.1, 0.15) is 19.4 Å². The molecule has 1 aromatic heterocycles. The van der Waals surface area contributed by atoms with Crippen LogP contribution in [-0.4, -0.2) is 61.2 Å². The zero-order chi connectivity index (χ0) is 24.6. The van der Waals surface area contributed by atoms with Gasteiger partial charge in [0.1, 0.15) is 18.2 Å². The summed E-state index contributed by atoms with van der Waals surface area (Å²) in [7, 11) is -4.69. The van der Waals surface area contributed by atoms with Gasteiger partial charge < -0.3 is 19.8 Å². The minimum absolute atomic E-state index is 0.107. The first-order chi connectivity index (χ1) is 15.3. The van der Waals surface area contributed by atoms with Crippen molar-refractivity contribution >= 4 is 13.7 Å². The zero-order valence-electron chi connectivity index (χ0n) is 17.5. The zero-order valence-corrected chi connectivity index (χ0v) is 18.4. The van der Waals surface area contributed by atoms with Crippen molar-refractivity contribution in [2.24, 2.45) is 0 Å². The number of aromatic nitrogens is 2. The van der Waals surface area contributed by atoms with E-state index in [1.807, 2.05) is 10.1 Å². The fourth-order valence-electron chi connectivity index (χ4n) is 3.70. The van der Waals surface area contributed by atoms with E-state index >= 15 is 4.39 Å². The first kappa shape index (κ1) is 25.0. The Morgan fingerprint density at radius 1 is 1.36 bits per heavy atom. The molecular formula is C19H23FN3O9P. The molecule has 0 radical (unpaired) electrons.